The average molecular weight is 479 g/mol. The van der Waals surface area contributed by atoms with Crippen molar-refractivity contribution in [3.05, 3.63) is 12.2 Å². The summed E-state index contributed by atoms with van der Waals surface area (Å²) in [5.41, 5.74) is 0. The van der Waals surface area contributed by atoms with Gasteiger partial charge in [0.05, 0.1) is 6.42 Å². The number of rotatable bonds is 21. The first-order valence-electron chi connectivity index (χ1n) is 11.3. The summed E-state index contributed by atoms with van der Waals surface area (Å²) < 4.78 is 29.6. The molecule has 0 spiro atoms. The summed E-state index contributed by atoms with van der Waals surface area (Å²) in [4.78, 5) is 33.7. The minimum atomic E-state index is -2.79. The van der Waals surface area contributed by atoms with Crippen molar-refractivity contribution in [2.24, 2.45) is 0 Å². The highest BCUT2D eigenvalue weighted by Crippen LogP contribution is 2.15. The lowest BCUT2D eigenvalue weighted by Crippen LogP contribution is -2.32. The van der Waals surface area contributed by atoms with Crippen molar-refractivity contribution < 1.29 is 42.3 Å². The van der Waals surface area contributed by atoms with Gasteiger partial charge < -0.3 is 14.9 Å². The minimum absolute atomic E-state index is 0.196. The van der Waals surface area contributed by atoms with Gasteiger partial charge in [-0.2, -0.15) is 4.21 Å². The Morgan fingerprint density at radius 2 is 1.53 bits per heavy atom. The van der Waals surface area contributed by atoms with Gasteiger partial charge in [0.15, 0.2) is 6.10 Å². The molecule has 0 amide bonds. The highest BCUT2D eigenvalue weighted by Gasteiger charge is 2.28. The second-order valence-corrected chi connectivity index (χ2v) is 8.33. The fraction of sp³-hybridized carbons (Fsp3) is 0.773. The third kappa shape index (κ3) is 18.9. The van der Waals surface area contributed by atoms with Gasteiger partial charge in [0.2, 0.25) is 0 Å². The van der Waals surface area contributed by atoms with Gasteiger partial charge in [-0.3, -0.25) is 18.3 Å². The molecule has 0 aliphatic heterocycles. The van der Waals surface area contributed by atoms with Crippen molar-refractivity contribution >= 4 is 29.3 Å². The number of aliphatic carboxylic acids is 2. The first-order valence-corrected chi connectivity index (χ1v) is 12.4. The van der Waals surface area contributed by atoms with Crippen LogP contribution in [0.25, 0.3) is 0 Å². The molecule has 0 saturated heterocycles. The van der Waals surface area contributed by atoms with E-state index in [0.29, 0.717) is 12.8 Å². The molecule has 186 valence electrons. The number of hydrogen-bond acceptors (Lipinski definition) is 6. The maximum absolute atomic E-state index is 12.3. The summed E-state index contributed by atoms with van der Waals surface area (Å²) in [6, 6.07) is 0. The van der Waals surface area contributed by atoms with Crippen molar-refractivity contribution in [3.63, 3.8) is 0 Å². The summed E-state index contributed by atoms with van der Waals surface area (Å²) in [6.07, 6.45) is 11.8. The smallest absolute Gasteiger partial charge is 0.338 e. The number of carbonyl (C=O) groups excluding carboxylic acids is 1. The molecule has 9 nitrogen and oxygen atoms in total. The number of carboxylic acids is 2. The fourth-order valence-electron chi connectivity index (χ4n) is 3.10. The van der Waals surface area contributed by atoms with Gasteiger partial charge in [-0.1, -0.05) is 57.9 Å². The van der Waals surface area contributed by atoms with Crippen molar-refractivity contribution in [3.8, 4) is 0 Å². The van der Waals surface area contributed by atoms with E-state index in [1.165, 1.54) is 0 Å². The Morgan fingerprint density at radius 1 is 0.906 bits per heavy atom. The molecule has 0 aliphatic carbocycles. The molecule has 0 aromatic rings. The first-order chi connectivity index (χ1) is 15.3. The van der Waals surface area contributed by atoms with Crippen LogP contribution in [-0.4, -0.2) is 49.1 Å². The van der Waals surface area contributed by atoms with Gasteiger partial charge >= 0.3 is 29.3 Å². The summed E-state index contributed by atoms with van der Waals surface area (Å²) >= 11 is -2.79. The van der Waals surface area contributed by atoms with Crippen LogP contribution in [0.4, 0.5) is 0 Å². The molecule has 0 fully saturated rings. The summed E-state index contributed by atoms with van der Waals surface area (Å²) in [7, 11) is 0. The van der Waals surface area contributed by atoms with Crippen LogP contribution in [0, 0.1) is 0 Å². The van der Waals surface area contributed by atoms with E-state index < -0.39 is 47.9 Å². The second kappa shape index (κ2) is 19.9. The molecule has 3 N–H and O–H groups in total. The van der Waals surface area contributed by atoms with Crippen LogP contribution in [0.15, 0.2) is 12.2 Å². The highest BCUT2D eigenvalue weighted by atomic mass is 32.2. The summed E-state index contributed by atoms with van der Waals surface area (Å²) in [5, 5.41) is 17.5. The topological polar surface area (TPSA) is 147 Å². The Hall–Kier alpha value is -1.78. The van der Waals surface area contributed by atoms with Crippen LogP contribution in [-0.2, 0) is 34.7 Å². The monoisotopic (exact) mass is 478 g/mol. The fourth-order valence-corrected chi connectivity index (χ4v) is 3.45. The molecule has 0 heterocycles. The number of carboxylic acid groups (broad SMARTS) is 2. The zero-order valence-corrected chi connectivity index (χ0v) is 19.7. The molecule has 0 saturated carbocycles. The van der Waals surface area contributed by atoms with Gasteiger partial charge in [-0.15, -0.1) is 0 Å². The van der Waals surface area contributed by atoms with Gasteiger partial charge in [0.25, 0.3) is 0 Å². The normalized spacial score (nSPS) is 14.2. The minimum Gasteiger partial charge on any atom is -0.481 e. The van der Waals surface area contributed by atoms with Crippen molar-refractivity contribution in [2.75, 3.05) is 0 Å². The predicted octanol–water partition coefficient (Wildman–Crippen LogP) is 4.63. The zero-order valence-electron chi connectivity index (χ0n) is 18.9. The maximum atomic E-state index is 12.3. The van der Waals surface area contributed by atoms with E-state index in [2.05, 4.69) is 11.1 Å². The van der Waals surface area contributed by atoms with Gasteiger partial charge in [-0.05, 0) is 38.2 Å². The molecular formula is C22H38O9S. The van der Waals surface area contributed by atoms with Gasteiger partial charge in [-0.25, -0.2) is 4.79 Å². The molecule has 0 aromatic carbocycles. The molecular weight excluding hydrogens is 440 g/mol. The van der Waals surface area contributed by atoms with Crippen LogP contribution < -0.4 is 0 Å². The number of unbranched alkanes of at least 4 members (excludes halogenated alkanes) is 9. The summed E-state index contributed by atoms with van der Waals surface area (Å²) in [5.74, 6) is -3.09. The third-order valence-electron chi connectivity index (χ3n) is 4.79. The van der Waals surface area contributed by atoms with Crippen LogP contribution in [0.5, 0.6) is 0 Å². The molecule has 3 atom stereocenters. The standard InChI is InChI=1S/C22H38O9S/c1-2-3-4-8-11-14-18(15-12-9-6-5-7-10-13-16-20(23)24)30-22(27)19(17-21(25)26)31-32(28)29/h12,15,18-19H,2-11,13-14,16-17H2,1H3,(H,23,24)(H,25,26)(H,28,29)/t18-,19?/m1/s1. The van der Waals surface area contributed by atoms with E-state index in [1.54, 1.807) is 6.08 Å². The molecule has 2 unspecified atom stereocenters. The molecule has 32 heavy (non-hydrogen) atoms. The van der Waals surface area contributed by atoms with Crippen molar-refractivity contribution in [1.29, 1.82) is 0 Å². The number of allylic oxidation sites excluding steroid dienone is 1. The third-order valence-corrected chi connectivity index (χ3v) is 5.19. The number of ether oxygens (including phenoxy) is 1. The van der Waals surface area contributed by atoms with E-state index in [-0.39, 0.29) is 6.42 Å². The Labute approximate surface area is 193 Å². The zero-order chi connectivity index (χ0) is 24.2. The average Bonchev–Trinajstić information content (AvgIpc) is 2.70. The highest BCUT2D eigenvalue weighted by molar-refractivity contribution is 7.74. The molecule has 10 heteroatoms. The maximum Gasteiger partial charge on any atom is 0.338 e. The number of carbonyl (C=O) groups is 3. The second-order valence-electron chi connectivity index (χ2n) is 7.71. The van der Waals surface area contributed by atoms with Gasteiger partial charge in [0.1, 0.15) is 6.10 Å². The van der Waals surface area contributed by atoms with Crippen molar-refractivity contribution in [2.45, 2.75) is 109 Å². The lowest BCUT2D eigenvalue weighted by Gasteiger charge is -2.18. The van der Waals surface area contributed by atoms with Crippen LogP contribution in [0.1, 0.15) is 96.8 Å². The largest absolute Gasteiger partial charge is 0.481 e. The Bertz CT molecular complexity index is 576. The Morgan fingerprint density at radius 3 is 2.16 bits per heavy atom. The van der Waals surface area contributed by atoms with Crippen molar-refractivity contribution in [1.82, 2.24) is 0 Å². The van der Waals surface area contributed by atoms with E-state index in [1.807, 2.05) is 6.08 Å². The Kier molecular flexibility index (Phi) is 18.8. The predicted molar refractivity (Wildman–Crippen MR) is 120 cm³/mol. The van der Waals surface area contributed by atoms with E-state index in [9.17, 15) is 18.6 Å². The van der Waals surface area contributed by atoms with E-state index in [0.717, 1.165) is 64.2 Å². The van der Waals surface area contributed by atoms with Crippen LogP contribution in [0.2, 0.25) is 0 Å². The van der Waals surface area contributed by atoms with Crippen LogP contribution in [0.3, 0.4) is 0 Å². The lowest BCUT2D eigenvalue weighted by atomic mass is 10.1. The first kappa shape index (κ1) is 30.2. The molecule has 0 aromatic heterocycles. The summed E-state index contributed by atoms with van der Waals surface area (Å²) in [6.45, 7) is 2.12. The molecule has 0 aliphatic rings. The lowest BCUT2D eigenvalue weighted by molar-refractivity contribution is -0.159. The quantitative estimate of drug-likeness (QED) is 0.0929. The molecule has 0 radical (unpaired) electrons. The Balaban J connectivity index is 4.61. The number of hydrogen-bond donors (Lipinski definition) is 3. The van der Waals surface area contributed by atoms with E-state index >= 15 is 0 Å². The van der Waals surface area contributed by atoms with Crippen LogP contribution >= 0.6 is 0 Å². The number of esters is 1. The van der Waals surface area contributed by atoms with Gasteiger partial charge in [0, 0.05) is 6.42 Å². The SMILES string of the molecule is CCCCCCC[C@H](C=CCCCCCCCC(=O)O)OC(=O)C(CC(=O)O)OS(=O)O. The van der Waals surface area contributed by atoms with E-state index in [4.69, 9.17) is 19.5 Å². The molecule has 0 bridgehead atoms. The molecule has 0 rings (SSSR count).